The van der Waals surface area contributed by atoms with E-state index >= 15 is 0 Å². The Hall–Kier alpha value is -2.54. The zero-order chi connectivity index (χ0) is 19.8. The third-order valence-corrected chi connectivity index (χ3v) is 4.61. The first-order valence-electron chi connectivity index (χ1n) is 8.47. The van der Waals surface area contributed by atoms with Gasteiger partial charge in [0.15, 0.2) is 6.61 Å². The van der Waals surface area contributed by atoms with Gasteiger partial charge in [-0.25, -0.2) is 0 Å². The molecule has 144 valence electrons. The van der Waals surface area contributed by atoms with Crippen LogP contribution in [0.1, 0.15) is 12.5 Å². The third-order valence-electron chi connectivity index (χ3n) is 4.08. The molecule has 7 heteroatoms. The molecule has 0 heterocycles. The number of hydrogen-bond acceptors (Lipinski definition) is 4. The molecule has 0 saturated carbocycles. The van der Waals surface area contributed by atoms with Crippen LogP contribution < -0.4 is 14.8 Å². The van der Waals surface area contributed by atoms with Gasteiger partial charge in [-0.15, -0.1) is 0 Å². The fourth-order valence-electron chi connectivity index (χ4n) is 2.52. The summed E-state index contributed by atoms with van der Waals surface area (Å²) in [5, 5.41) is 2.58. The summed E-state index contributed by atoms with van der Waals surface area (Å²) in [7, 11) is 3.13. The molecule has 2 amide bonds. The van der Waals surface area contributed by atoms with Crippen LogP contribution in [-0.4, -0.2) is 43.5 Å². The van der Waals surface area contributed by atoms with Crippen LogP contribution in [0.25, 0.3) is 0 Å². The van der Waals surface area contributed by atoms with E-state index in [-0.39, 0.29) is 25.0 Å². The van der Waals surface area contributed by atoms with Crippen LogP contribution in [0.15, 0.2) is 53.0 Å². The molecule has 2 aromatic rings. The third kappa shape index (κ3) is 5.99. The minimum atomic E-state index is -0.637. The van der Waals surface area contributed by atoms with Crippen LogP contribution >= 0.6 is 15.9 Å². The number of likely N-dealkylation sites (N-methyl/N-ethyl adjacent to an activating group) is 1. The lowest BCUT2D eigenvalue weighted by Gasteiger charge is -2.28. The second-order valence-corrected chi connectivity index (χ2v) is 6.82. The Morgan fingerprint density at radius 2 is 1.85 bits per heavy atom. The standard InChI is InChI=1S/C20H23BrN2O4/c1-14(20(25)22-2)23(12-15-5-4-6-18(11-15)26-3)19(24)13-27-17-9-7-16(21)8-10-17/h4-11,14H,12-13H2,1-3H3,(H,22,25)/t14-/m1/s1. The summed E-state index contributed by atoms with van der Waals surface area (Å²) in [5.41, 5.74) is 0.863. The Morgan fingerprint density at radius 3 is 2.48 bits per heavy atom. The Bertz CT molecular complexity index is 780. The quantitative estimate of drug-likeness (QED) is 0.693. The summed E-state index contributed by atoms with van der Waals surface area (Å²) >= 11 is 3.36. The minimum absolute atomic E-state index is 0.160. The van der Waals surface area contributed by atoms with Crippen molar-refractivity contribution < 1.29 is 19.1 Å². The summed E-state index contributed by atoms with van der Waals surface area (Å²) in [6.07, 6.45) is 0. The van der Waals surface area contributed by atoms with E-state index in [2.05, 4.69) is 21.2 Å². The maximum atomic E-state index is 12.8. The number of methoxy groups -OCH3 is 1. The predicted molar refractivity (Wildman–Crippen MR) is 107 cm³/mol. The van der Waals surface area contributed by atoms with Gasteiger partial charge in [-0.05, 0) is 48.9 Å². The van der Waals surface area contributed by atoms with Crippen molar-refractivity contribution in [3.63, 3.8) is 0 Å². The molecule has 1 N–H and O–H groups in total. The average Bonchev–Trinajstić information content (AvgIpc) is 2.70. The Morgan fingerprint density at radius 1 is 1.15 bits per heavy atom. The molecule has 2 rings (SSSR count). The zero-order valence-corrected chi connectivity index (χ0v) is 17.2. The van der Waals surface area contributed by atoms with Crippen LogP contribution in [0.5, 0.6) is 11.5 Å². The predicted octanol–water partition coefficient (Wildman–Crippen LogP) is 3.00. The number of halogens is 1. The summed E-state index contributed by atoms with van der Waals surface area (Å²) in [6, 6.07) is 14.0. The molecule has 0 unspecified atom stereocenters. The molecule has 0 radical (unpaired) electrons. The van der Waals surface area contributed by atoms with Gasteiger partial charge < -0.3 is 19.7 Å². The maximum Gasteiger partial charge on any atom is 0.261 e. The number of amides is 2. The molecule has 0 fully saturated rings. The molecule has 27 heavy (non-hydrogen) atoms. The number of ether oxygens (including phenoxy) is 2. The van der Waals surface area contributed by atoms with Crippen LogP contribution in [0, 0.1) is 0 Å². The molecule has 0 aliphatic rings. The van der Waals surface area contributed by atoms with Gasteiger partial charge >= 0.3 is 0 Å². The highest BCUT2D eigenvalue weighted by molar-refractivity contribution is 9.10. The van der Waals surface area contributed by atoms with E-state index in [0.717, 1.165) is 10.0 Å². The van der Waals surface area contributed by atoms with Gasteiger partial charge in [0.2, 0.25) is 5.91 Å². The maximum absolute atomic E-state index is 12.8. The molecule has 0 saturated heterocycles. The fourth-order valence-corrected chi connectivity index (χ4v) is 2.78. The second-order valence-electron chi connectivity index (χ2n) is 5.91. The number of benzene rings is 2. The lowest BCUT2D eigenvalue weighted by Crippen LogP contribution is -2.48. The molecule has 0 aliphatic heterocycles. The molecule has 0 spiro atoms. The van der Waals surface area contributed by atoms with Gasteiger partial charge in [0.05, 0.1) is 7.11 Å². The van der Waals surface area contributed by atoms with Crippen molar-refractivity contribution in [2.45, 2.75) is 19.5 Å². The first-order valence-corrected chi connectivity index (χ1v) is 9.26. The lowest BCUT2D eigenvalue weighted by molar-refractivity contribution is -0.142. The number of nitrogens with zero attached hydrogens (tertiary/aromatic N) is 1. The molecular weight excluding hydrogens is 412 g/mol. The molecule has 0 bridgehead atoms. The van der Waals surface area contributed by atoms with Gasteiger partial charge in [-0.2, -0.15) is 0 Å². The summed E-state index contributed by atoms with van der Waals surface area (Å²) < 4.78 is 11.7. The summed E-state index contributed by atoms with van der Waals surface area (Å²) in [5.74, 6) is 0.755. The van der Waals surface area contributed by atoms with E-state index in [1.807, 2.05) is 36.4 Å². The smallest absolute Gasteiger partial charge is 0.261 e. The van der Waals surface area contributed by atoms with Crippen molar-refractivity contribution in [3.8, 4) is 11.5 Å². The highest BCUT2D eigenvalue weighted by Crippen LogP contribution is 2.18. The number of carbonyl (C=O) groups excluding carboxylic acids is 2. The topological polar surface area (TPSA) is 67.9 Å². The number of nitrogens with one attached hydrogen (secondary N) is 1. The Kier molecular flexibility index (Phi) is 7.67. The van der Waals surface area contributed by atoms with Crippen molar-refractivity contribution in [1.29, 1.82) is 0 Å². The lowest BCUT2D eigenvalue weighted by atomic mass is 10.1. The largest absolute Gasteiger partial charge is 0.497 e. The Labute approximate surface area is 167 Å². The fraction of sp³-hybridized carbons (Fsp3) is 0.300. The van der Waals surface area contributed by atoms with E-state index in [1.165, 1.54) is 4.90 Å². The van der Waals surface area contributed by atoms with Crippen LogP contribution in [-0.2, 0) is 16.1 Å². The van der Waals surface area contributed by atoms with Gasteiger partial charge in [-0.3, -0.25) is 9.59 Å². The highest BCUT2D eigenvalue weighted by atomic mass is 79.9. The first kappa shape index (κ1) is 20.8. The minimum Gasteiger partial charge on any atom is -0.497 e. The van der Waals surface area contributed by atoms with Crippen molar-refractivity contribution in [3.05, 3.63) is 58.6 Å². The van der Waals surface area contributed by atoms with Crippen molar-refractivity contribution in [2.24, 2.45) is 0 Å². The van der Waals surface area contributed by atoms with Crippen molar-refractivity contribution >= 4 is 27.7 Å². The van der Waals surface area contributed by atoms with Gasteiger partial charge in [0.25, 0.3) is 5.91 Å². The zero-order valence-electron chi connectivity index (χ0n) is 15.6. The van der Waals surface area contributed by atoms with Gasteiger partial charge in [0.1, 0.15) is 17.5 Å². The summed E-state index contributed by atoms with van der Waals surface area (Å²) in [6.45, 7) is 1.80. The van der Waals surface area contributed by atoms with Crippen molar-refractivity contribution in [1.82, 2.24) is 10.2 Å². The van der Waals surface area contributed by atoms with Gasteiger partial charge in [-0.1, -0.05) is 28.1 Å². The van der Waals surface area contributed by atoms with E-state index in [1.54, 1.807) is 33.2 Å². The molecule has 0 aromatic heterocycles. The number of rotatable bonds is 8. The second kappa shape index (κ2) is 9.97. The average molecular weight is 435 g/mol. The molecule has 6 nitrogen and oxygen atoms in total. The van der Waals surface area contributed by atoms with E-state index in [0.29, 0.717) is 11.5 Å². The first-order chi connectivity index (χ1) is 12.9. The summed E-state index contributed by atoms with van der Waals surface area (Å²) in [4.78, 5) is 26.4. The SMILES string of the molecule is CNC(=O)[C@@H](C)N(Cc1cccc(OC)c1)C(=O)COc1ccc(Br)cc1. The van der Waals surface area contributed by atoms with Crippen molar-refractivity contribution in [2.75, 3.05) is 20.8 Å². The molecule has 2 aromatic carbocycles. The normalized spacial score (nSPS) is 11.4. The molecule has 0 aliphatic carbocycles. The molecule has 1 atom stereocenters. The van der Waals surface area contributed by atoms with Crippen LogP contribution in [0.2, 0.25) is 0 Å². The number of carbonyl (C=O) groups is 2. The molecular formula is C20H23BrN2O4. The number of hydrogen-bond donors (Lipinski definition) is 1. The van der Waals surface area contributed by atoms with E-state index in [4.69, 9.17) is 9.47 Å². The van der Waals surface area contributed by atoms with Gasteiger partial charge in [0, 0.05) is 18.1 Å². The van der Waals surface area contributed by atoms with E-state index in [9.17, 15) is 9.59 Å². The van der Waals surface area contributed by atoms with E-state index < -0.39 is 6.04 Å². The highest BCUT2D eigenvalue weighted by Gasteiger charge is 2.26. The monoisotopic (exact) mass is 434 g/mol. The van der Waals surface area contributed by atoms with Crippen LogP contribution in [0.3, 0.4) is 0 Å². The van der Waals surface area contributed by atoms with Crippen LogP contribution in [0.4, 0.5) is 0 Å². The Balaban J connectivity index is 2.13.